The zero-order valence-corrected chi connectivity index (χ0v) is 9.91. The van der Waals surface area contributed by atoms with Crippen molar-refractivity contribution in [3.05, 3.63) is 35.9 Å². The highest BCUT2D eigenvalue weighted by Crippen LogP contribution is 2.22. The Bertz CT molecular complexity index is 450. The molecule has 2 fully saturated rings. The second-order valence-electron chi connectivity index (χ2n) is 4.48. The first-order valence-electron chi connectivity index (χ1n) is 6.01. The summed E-state index contributed by atoms with van der Waals surface area (Å²) in [5, 5.41) is 0. The number of benzene rings is 1. The Kier molecular flexibility index (Phi) is 2.76. The van der Waals surface area contributed by atoms with Crippen molar-refractivity contribution in [3.63, 3.8) is 0 Å². The molecule has 3 rings (SSSR count). The second kappa shape index (κ2) is 4.42. The van der Waals surface area contributed by atoms with E-state index < -0.39 is 6.04 Å². The first-order valence-corrected chi connectivity index (χ1v) is 6.01. The van der Waals surface area contributed by atoms with Gasteiger partial charge in [0.1, 0.15) is 6.04 Å². The standard InChI is InChI=1S/C13H14N2O3/c16-12-11-9-18-7-6-14(11)13(17)15(12)8-10-4-2-1-3-5-10/h1-5,11H,6-9H2/t11-/m1/s1. The number of hydrogen-bond donors (Lipinski definition) is 0. The van der Waals surface area contributed by atoms with Gasteiger partial charge in [-0.15, -0.1) is 0 Å². The van der Waals surface area contributed by atoms with Gasteiger partial charge in [0.05, 0.1) is 19.8 Å². The van der Waals surface area contributed by atoms with Gasteiger partial charge in [-0.3, -0.25) is 9.69 Å². The van der Waals surface area contributed by atoms with Crippen molar-refractivity contribution < 1.29 is 14.3 Å². The third-order valence-electron chi connectivity index (χ3n) is 3.34. The van der Waals surface area contributed by atoms with Crippen LogP contribution in [0.25, 0.3) is 0 Å². The van der Waals surface area contributed by atoms with Crippen molar-refractivity contribution in [2.45, 2.75) is 12.6 Å². The molecule has 0 N–H and O–H groups in total. The topological polar surface area (TPSA) is 49.9 Å². The Morgan fingerprint density at radius 1 is 1.22 bits per heavy atom. The van der Waals surface area contributed by atoms with Crippen molar-refractivity contribution in [1.82, 2.24) is 9.80 Å². The lowest BCUT2D eigenvalue weighted by Crippen LogP contribution is -2.45. The molecule has 18 heavy (non-hydrogen) atoms. The Morgan fingerprint density at radius 3 is 2.72 bits per heavy atom. The van der Waals surface area contributed by atoms with E-state index in [0.29, 0.717) is 26.3 Å². The molecule has 0 unspecified atom stereocenters. The molecule has 94 valence electrons. The molecule has 3 amide bonds. The monoisotopic (exact) mass is 246 g/mol. The number of rotatable bonds is 2. The van der Waals surface area contributed by atoms with E-state index in [1.807, 2.05) is 30.3 Å². The van der Waals surface area contributed by atoms with Crippen LogP contribution >= 0.6 is 0 Å². The van der Waals surface area contributed by atoms with Crippen LogP contribution in [0.2, 0.25) is 0 Å². The summed E-state index contributed by atoms with van der Waals surface area (Å²) >= 11 is 0. The molecule has 0 radical (unpaired) electrons. The van der Waals surface area contributed by atoms with Gasteiger partial charge in [-0.05, 0) is 5.56 Å². The highest BCUT2D eigenvalue weighted by Gasteiger charge is 2.46. The molecular formula is C13H14N2O3. The van der Waals surface area contributed by atoms with Gasteiger partial charge in [-0.25, -0.2) is 4.79 Å². The second-order valence-corrected chi connectivity index (χ2v) is 4.48. The van der Waals surface area contributed by atoms with Gasteiger partial charge in [0.15, 0.2) is 0 Å². The van der Waals surface area contributed by atoms with Crippen LogP contribution < -0.4 is 0 Å². The number of nitrogens with zero attached hydrogens (tertiary/aromatic N) is 2. The third-order valence-corrected chi connectivity index (χ3v) is 3.34. The fourth-order valence-electron chi connectivity index (χ4n) is 2.38. The Hall–Kier alpha value is -1.88. The highest BCUT2D eigenvalue weighted by molar-refractivity contribution is 6.04. The Morgan fingerprint density at radius 2 is 2.00 bits per heavy atom. The lowest BCUT2D eigenvalue weighted by molar-refractivity contribution is -0.131. The lowest BCUT2D eigenvalue weighted by Gasteiger charge is -2.26. The predicted molar refractivity (Wildman–Crippen MR) is 63.7 cm³/mol. The van der Waals surface area contributed by atoms with Crippen LogP contribution in [0.5, 0.6) is 0 Å². The number of fused-ring (bicyclic) bond motifs is 1. The third kappa shape index (κ3) is 1.76. The molecule has 1 aromatic rings. The van der Waals surface area contributed by atoms with Gasteiger partial charge >= 0.3 is 6.03 Å². The molecule has 0 spiro atoms. The quantitative estimate of drug-likeness (QED) is 0.727. The molecule has 1 atom stereocenters. The summed E-state index contributed by atoms with van der Waals surface area (Å²) in [5.41, 5.74) is 0.958. The molecule has 2 saturated heterocycles. The van der Waals surface area contributed by atoms with Crippen LogP contribution in [0.4, 0.5) is 4.79 Å². The summed E-state index contributed by atoms with van der Waals surface area (Å²) in [6.07, 6.45) is 0. The minimum atomic E-state index is -0.421. The molecular weight excluding hydrogens is 232 g/mol. The van der Waals surface area contributed by atoms with E-state index in [0.717, 1.165) is 5.56 Å². The van der Waals surface area contributed by atoms with Gasteiger partial charge < -0.3 is 9.64 Å². The summed E-state index contributed by atoms with van der Waals surface area (Å²) < 4.78 is 5.26. The van der Waals surface area contributed by atoms with Gasteiger partial charge in [0, 0.05) is 6.54 Å². The van der Waals surface area contributed by atoms with Crippen LogP contribution in [0.3, 0.4) is 0 Å². The number of ether oxygens (including phenoxy) is 1. The van der Waals surface area contributed by atoms with Crippen LogP contribution in [-0.2, 0) is 16.1 Å². The SMILES string of the molecule is O=C1[C@H]2COCCN2C(=O)N1Cc1ccccc1. The molecule has 5 nitrogen and oxygen atoms in total. The fourth-order valence-corrected chi connectivity index (χ4v) is 2.38. The molecule has 0 aliphatic carbocycles. The summed E-state index contributed by atoms with van der Waals surface area (Å²) in [7, 11) is 0. The van der Waals surface area contributed by atoms with Crippen molar-refractivity contribution in [3.8, 4) is 0 Å². The first-order chi connectivity index (χ1) is 8.77. The fraction of sp³-hybridized carbons (Fsp3) is 0.385. The lowest BCUT2D eigenvalue weighted by atomic mass is 10.2. The van der Waals surface area contributed by atoms with E-state index in [-0.39, 0.29) is 11.9 Å². The van der Waals surface area contributed by atoms with E-state index in [9.17, 15) is 9.59 Å². The number of imide groups is 1. The van der Waals surface area contributed by atoms with Gasteiger partial charge in [0.25, 0.3) is 5.91 Å². The van der Waals surface area contributed by atoms with Gasteiger partial charge in [-0.1, -0.05) is 30.3 Å². The van der Waals surface area contributed by atoms with E-state index >= 15 is 0 Å². The summed E-state index contributed by atoms with van der Waals surface area (Å²) in [4.78, 5) is 27.2. The van der Waals surface area contributed by atoms with Crippen molar-refractivity contribution in [2.75, 3.05) is 19.8 Å². The van der Waals surface area contributed by atoms with E-state index in [1.54, 1.807) is 4.90 Å². The Labute approximate surface area is 105 Å². The highest BCUT2D eigenvalue weighted by atomic mass is 16.5. The maximum absolute atomic E-state index is 12.1. The summed E-state index contributed by atoms with van der Waals surface area (Å²) in [6.45, 7) is 1.66. The zero-order valence-electron chi connectivity index (χ0n) is 9.91. The zero-order chi connectivity index (χ0) is 12.5. The predicted octanol–water partition coefficient (Wildman–Crippen LogP) is 0.850. The molecule has 1 aromatic carbocycles. The van der Waals surface area contributed by atoms with Crippen molar-refractivity contribution in [1.29, 1.82) is 0 Å². The van der Waals surface area contributed by atoms with E-state index in [4.69, 9.17) is 4.74 Å². The number of morpholine rings is 1. The average molecular weight is 246 g/mol. The molecule has 2 aliphatic heterocycles. The maximum Gasteiger partial charge on any atom is 0.327 e. The molecule has 5 heteroatoms. The Balaban J connectivity index is 1.80. The molecule has 2 aliphatic rings. The molecule has 0 saturated carbocycles. The normalized spacial score (nSPS) is 23.4. The number of carbonyl (C=O) groups excluding carboxylic acids is 2. The van der Waals surface area contributed by atoms with Crippen LogP contribution in [0.1, 0.15) is 5.56 Å². The summed E-state index contributed by atoms with van der Waals surface area (Å²) in [5.74, 6) is -0.149. The van der Waals surface area contributed by atoms with Crippen LogP contribution in [-0.4, -0.2) is 47.5 Å². The largest absolute Gasteiger partial charge is 0.377 e. The number of hydrogen-bond acceptors (Lipinski definition) is 3. The maximum atomic E-state index is 12.1. The van der Waals surface area contributed by atoms with E-state index in [2.05, 4.69) is 0 Å². The van der Waals surface area contributed by atoms with E-state index in [1.165, 1.54) is 4.90 Å². The minimum Gasteiger partial charge on any atom is -0.377 e. The molecule has 2 heterocycles. The number of carbonyl (C=O) groups is 2. The average Bonchev–Trinajstić information content (AvgIpc) is 2.66. The minimum absolute atomic E-state index is 0.149. The molecule has 0 aromatic heterocycles. The number of amides is 3. The molecule has 0 bridgehead atoms. The summed E-state index contributed by atoms with van der Waals surface area (Å²) in [6, 6.07) is 8.91. The van der Waals surface area contributed by atoms with Gasteiger partial charge in [-0.2, -0.15) is 0 Å². The van der Waals surface area contributed by atoms with Crippen LogP contribution in [0.15, 0.2) is 30.3 Å². The van der Waals surface area contributed by atoms with Crippen molar-refractivity contribution >= 4 is 11.9 Å². The van der Waals surface area contributed by atoms with Crippen LogP contribution in [0, 0.1) is 0 Å². The number of urea groups is 1. The first kappa shape index (κ1) is 11.2. The smallest absolute Gasteiger partial charge is 0.327 e. The van der Waals surface area contributed by atoms with Crippen molar-refractivity contribution in [2.24, 2.45) is 0 Å². The van der Waals surface area contributed by atoms with Gasteiger partial charge in [0.2, 0.25) is 0 Å².